The van der Waals surface area contributed by atoms with Gasteiger partial charge in [-0.1, -0.05) is 30.3 Å². The fraction of sp³-hybridized carbons (Fsp3) is 0.471. The van der Waals surface area contributed by atoms with E-state index in [1.54, 1.807) is 20.8 Å². The maximum Gasteiger partial charge on any atom is 0.408 e. The lowest BCUT2D eigenvalue weighted by molar-refractivity contribution is -0.114. The van der Waals surface area contributed by atoms with Gasteiger partial charge in [0.05, 0.1) is 0 Å². The minimum atomic E-state index is -0.670. The molecular formula is C17H22N2O3S. The minimum Gasteiger partial charge on any atom is -0.444 e. The van der Waals surface area contributed by atoms with E-state index >= 15 is 0 Å². The smallest absolute Gasteiger partial charge is 0.408 e. The summed E-state index contributed by atoms with van der Waals surface area (Å²) in [6.45, 7) is 6.02. The van der Waals surface area contributed by atoms with Crippen molar-refractivity contribution < 1.29 is 14.3 Å². The highest BCUT2D eigenvalue weighted by molar-refractivity contribution is 8.16. The number of hydrogen-bond donors (Lipinski definition) is 1. The van der Waals surface area contributed by atoms with E-state index in [0.717, 1.165) is 11.3 Å². The Morgan fingerprint density at radius 2 is 2.00 bits per heavy atom. The molecule has 23 heavy (non-hydrogen) atoms. The van der Waals surface area contributed by atoms with Crippen LogP contribution in [-0.2, 0) is 16.0 Å². The molecule has 0 aromatic heterocycles. The van der Waals surface area contributed by atoms with Crippen LogP contribution in [-0.4, -0.2) is 40.9 Å². The molecule has 0 aliphatic carbocycles. The summed E-state index contributed by atoms with van der Waals surface area (Å²) >= 11 is 1.44. The van der Waals surface area contributed by atoms with Crippen LogP contribution in [0.4, 0.5) is 4.79 Å². The van der Waals surface area contributed by atoms with Crippen molar-refractivity contribution in [3.63, 3.8) is 0 Å². The van der Waals surface area contributed by atoms with Gasteiger partial charge in [-0.3, -0.25) is 9.79 Å². The summed E-state index contributed by atoms with van der Waals surface area (Å²) in [4.78, 5) is 28.9. The van der Waals surface area contributed by atoms with Crippen LogP contribution in [0.1, 0.15) is 26.3 Å². The van der Waals surface area contributed by atoms with Crippen molar-refractivity contribution in [2.24, 2.45) is 4.99 Å². The second-order valence-electron chi connectivity index (χ2n) is 6.29. The van der Waals surface area contributed by atoms with Gasteiger partial charge in [-0.05, 0) is 26.3 Å². The first-order valence-electron chi connectivity index (χ1n) is 7.60. The number of Topliss-reactive ketones (excluding diaryl/α,β-unsaturated/α-hetero) is 1. The average Bonchev–Trinajstić information content (AvgIpc) is 2.99. The fourth-order valence-corrected chi connectivity index (χ4v) is 2.99. The number of rotatable bonds is 5. The van der Waals surface area contributed by atoms with Crippen molar-refractivity contribution >= 4 is 28.7 Å². The highest BCUT2D eigenvalue weighted by Crippen LogP contribution is 2.16. The first-order valence-corrected chi connectivity index (χ1v) is 8.58. The van der Waals surface area contributed by atoms with Crippen molar-refractivity contribution in [1.82, 2.24) is 5.32 Å². The van der Waals surface area contributed by atoms with E-state index < -0.39 is 17.7 Å². The molecule has 0 saturated heterocycles. The third-order valence-corrected chi connectivity index (χ3v) is 4.08. The molecule has 1 atom stereocenters. The van der Waals surface area contributed by atoms with E-state index in [1.165, 1.54) is 11.8 Å². The molecule has 1 amide bonds. The monoisotopic (exact) mass is 334 g/mol. The number of benzene rings is 1. The molecule has 0 radical (unpaired) electrons. The van der Waals surface area contributed by atoms with E-state index in [0.29, 0.717) is 18.0 Å². The van der Waals surface area contributed by atoms with Crippen LogP contribution < -0.4 is 5.32 Å². The van der Waals surface area contributed by atoms with E-state index in [-0.39, 0.29) is 5.78 Å². The Morgan fingerprint density at radius 3 is 2.57 bits per heavy atom. The molecule has 5 nitrogen and oxygen atoms in total. The standard InChI is InChI=1S/C17H22N2O3S/c1-17(2,3)22-16(21)19-13(11-12-7-5-4-6-8-12)14(20)15-18-9-10-23-15/h4-8,13H,9-11H2,1-3H3,(H,19,21)/t13-/m0/s1. The first-order chi connectivity index (χ1) is 10.8. The molecule has 0 fully saturated rings. The molecule has 1 aliphatic rings. The number of ketones is 1. The van der Waals surface area contributed by atoms with Gasteiger partial charge < -0.3 is 10.1 Å². The predicted molar refractivity (Wildman–Crippen MR) is 93.1 cm³/mol. The molecular weight excluding hydrogens is 312 g/mol. The van der Waals surface area contributed by atoms with Gasteiger partial charge in [0.25, 0.3) is 0 Å². The van der Waals surface area contributed by atoms with Crippen molar-refractivity contribution in [2.75, 3.05) is 12.3 Å². The summed E-state index contributed by atoms with van der Waals surface area (Å²) < 4.78 is 5.27. The minimum absolute atomic E-state index is 0.151. The van der Waals surface area contributed by atoms with Crippen LogP contribution in [0.3, 0.4) is 0 Å². The average molecular weight is 334 g/mol. The number of carbonyl (C=O) groups excluding carboxylic acids is 2. The van der Waals surface area contributed by atoms with E-state index in [9.17, 15) is 9.59 Å². The second kappa shape index (κ2) is 7.64. The third-order valence-electron chi connectivity index (χ3n) is 3.09. The van der Waals surface area contributed by atoms with Crippen LogP contribution in [0.2, 0.25) is 0 Å². The molecule has 0 spiro atoms. The molecule has 0 bridgehead atoms. The molecule has 0 saturated carbocycles. The van der Waals surface area contributed by atoms with Crippen LogP contribution in [0.25, 0.3) is 0 Å². The van der Waals surface area contributed by atoms with Crippen molar-refractivity contribution in [2.45, 2.75) is 38.8 Å². The zero-order chi connectivity index (χ0) is 16.9. The third kappa shape index (κ3) is 5.71. The largest absolute Gasteiger partial charge is 0.444 e. The summed E-state index contributed by atoms with van der Waals surface area (Å²) in [6, 6.07) is 8.93. The quantitative estimate of drug-likeness (QED) is 0.899. The van der Waals surface area contributed by atoms with Gasteiger partial charge in [-0.25, -0.2) is 4.79 Å². The normalized spacial score (nSPS) is 15.7. The topological polar surface area (TPSA) is 67.8 Å². The maximum atomic E-state index is 12.6. The number of hydrogen-bond acceptors (Lipinski definition) is 5. The summed E-state index contributed by atoms with van der Waals surface area (Å²) in [7, 11) is 0. The summed E-state index contributed by atoms with van der Waals surface area (Å²) in [6.07, 6.45) is -0.172. The number of thioether (sulfide) groups is 1. The lowest BCUT2D eigenvalue weighted by Gasteiger charge is -2.23. The molecule has 0 unspecified atom stereocenters. The van der Waals surface area contributed by atoms with Gasteiger partial charge >= 0.3 is 6.09 Å². The molecule has 124 valence electrons. The zero-order valence-electron chi connectivity index (χ0n) is 13.7. The van der Waals surface area contributed by atoms with E-state index in [4.69, 9.17) is 4.74 Å². The molecule has 6 heteroatoms. The molecule has 1 heterocycles. The Hall–Kier alpha value is -1.82. The Labute approximate surface area is 140 Å². The SMILES string of the molecule is CC(C)(C)OC(=O)N[C@@H](Cc1ccccc1)C(=O)C1=NCCS1. The van der Waals surface area contributed by atoms with Crippen molar-refractivity contribution in [1.29, 1.82) is 0 Å². The predicted octanol–water partition coefficient (Wildman–Crippen LogP) is 2.84. The highest BCUT2D eigenvalue weighted by Gasteiger charge is 2.29. The fourth-order valence-electron chi connectivity index (χ4n) is 2.14. The zero-order valence-corrected chi connectivity index (χ0v) is 14.5. The molecule has 1 aromatic rings. The summed E-state index contributed by atoms with van der Waals surface area (Å²) in [5.41, 5.74) is 0.370. The van der Waals surface area contributed by atoms with Crippen LogP contribution in [0.15, 0.2) is 35.3 Å². The van der Waals surface area contributed by atoms with Crippen LogP contribution >= 0.6 is 11.8 Å². The molecule has 1 aromatic carbocycles. The lowest BCUT2D eigenvalue weighted by Crippen LogP contribution is -2.46. The number of nitrogens with zero attached hydrogens (tertiary/aromatic N) is 1. The number of carbonyl (C=O) groups is 2. The summed E-state index contributed by atoms with van der Waals surface area (Å²) in [5.74, 6) is 0.660. The van der Waals surface area contributed by atoms with E-state index in [2.05, 4.69) is 10.3 Å². The van der Waals surface area contributed by atoms with Gasteiger partial charge in [0.2, 0.25) is 5.78 Å². The van der Waals surface area contributed by atoms with Crippen LogP contribution in [0, 0.1) is 0 Å². The Bertz CT molecular complexity index is 594. The molecule has 1 N–H and O–H groups in total. The number of amides is 1. The number of aliphatic imine (C=N–C) groups is 1. The van der Waals surface area contributed by atoms with Gasteiger partial charge in [0, 0.05) is 18.7 Å². The summed E-state index contributed by atoms with van der Waals surface area (Å²) in [5, 5.41) is 3.18. The van der Waals surface area contributed by atoms with Gasteiger partial charge in [0.1, 0.15) is 16.7 Å². The Kier molecular flexibility index (Phi) is 5.82. The first kappa shape index (κ1) is 17.5. The van der Waals surface area contributed by atoms with E-state index in [1.807, 2.05) is 30.3 Å². The molecule has 1 aliphatic heterocycles. The maximum absolute atomic E-state index is 12.6. The molecule has 2 rings (SSSR count). The van der Waals surface area contributed by atoms with Gasteiger partial charge in [0.15, 0.2) is 0 Å². The number of alkyl carbamates (subject to hydrolysis) is 1. The lowest BCUT2D eigenvalue weighted by atomic mass is 10.0. The number of nitrogens with one attached hydrogen (secondary N) is 1. The van der Waals surface area contributed by atoms with Crippen LogP contribution in [0.5, 0.6) is 0 Å². The van der Waals surface area contributed by atoms with Gasteiger partial charge in [-0.15, -0.1) is 11.8 Å². The Balaban J connectivity index is 2.10. The number of ether oxygens (including phenoxy) is 1. The highest BCUT2D eigenvalue weighted by atomic mass is 32.2. The Morgan fingerprint density at radius 1 is 1.30 bits per heavy atom. The van der Waals surface area contributed by atoms with Gasteiger partial charge in [-0.2, -0.15) is 0 Å². The van der Waals surface area contributed by atoms with Crippen molar-refractivity contribution in [3.05, 3.63) is 35.9 Å². The van der Waals surface area contributed by atoms with Crippen molar-refractivity contribution in [3.8, 4) is 0 Å². The second-order valence-corrected chi connectivity index (χ2v) is 7.37.